The molecule has 3 nitrogen and oxygen atoms in total. The molecule has 4 N–H and O–H groups in total. The molecule has 1 fully saturated rings. The highest BCUT2D eigenvalue weighted by Crippen LogP contribution is 2.37. The molecule has 2 rings (SSSR count). The van der Waals surface area contributed by atoms with Crippen LogP contribution in [0.1, 0.15) is 37.3 Å². The molecule has 0 radical (unpaired) electrons. The van der Waals surface area contributed by atoms with Gasteiger partial charge in [-0.2, -0.15) is 0 Å². The highest BCUT2D eigenvalue weighted by Gasteiger charge is 2.24. The normalized spacial score (nSPS) is 18.1. The van der Waals surface area contributed by atoms with Crippen molar-refractivity contribution in [3.63, 3.8) is 0 Å². The van der Waals surface area contributed by atoms with E-state index in [0.717, 1.165) is 18.4 Å². The van der Waals surface area contributed by atoms with Crippen molar-refractivity contribution in [2.75, 3.05) is 0 Å². The van der Waals surface area contributed by atoms with E-state index < -0.39 is 0 Å². The Kier molecular flexibility index (Phi) is 4.44. The smallest absolute Gasteiger partial charge is 0.124 e. The molecule has 0 unspecified atom stereocenters. The second kappa shape index (κ2) is 5.41. The minimum atomic E-state index is -0.104. The number of nitrogens with two attached hydrogens (primary N) is 1. The average molecular weight is 244 g/mol. The summed E-state index contributed by atoms with van der Waals surface area (Å²) < 4.78 is 0. The SMILES string of the molecule is Cl.N[C@@H](c1ccc(O)cc1O)C1CCCC1. The van der Waals surface area contributed by atoms with Gasteiger partial charge < -0.3 is 15.9 Å². The van der Waals surface area contributed by atoms with Crippen molar-refractivity contribution in [1.82, 2.24) is 0 Å². The van der Waals surface area contributed by atoms with Crippen molar-refractivity contribution in [2.24, 2.45) is 11.7 Å². The van der Waals surface area contributed by atoms with Gasteiger partial charge in [-0.1, -0.05) is 18.9 Å². The van der Waals surface area contributed by atoms with Crippen molar-refractivity contribution >= 4 is 12.4 Å². The van der Waals surface area contributed by atoms with Crippen LogP contribution in [0.5, 0.6) is 11.5 Å². The number of hydrogen-bond donors (Lipinski definition) is 3. The van der Waals surface area contributed by atoms with Gasteiger partial charge >= 0.3 is 0 Å². The zero-order valence-corrected chi connectivity index (χ0v) is 9.91. The summed E-state index contributed by atoms with van der Waals surface area (Å²) in [6.45, 7) is 0. The third kappa shape index (κ3) is 2.60. The van der Waals surface area contributed by atoms with Crippen LogP contribution < -0.4 is 5.73 Å². The predicted octanol–water partition coefficient (Wildman–Crippen LogP) is 2.71. The molecule has 1 atom stereocenters. The molecular formula is C12H18ClNO2. The van der Waals surface area contributed by atoms with Gasteiger partial charge in [-0.15, -0.1) is 12.4 Å². The molecule has 4 heteroatoms. The molecule has 1 aromatic rings. The third-order valence-corrected chi connectivity index (χ3v) is 3.28. The zero-order chi connectivity index (χ0) is 10.8. The van der Waals surface area contributed by atoms with E-state index in [1.54, 1.807) is 12.1 Å². The topological polar surface area (TPSA) is 66.5 Å². The minimum Gasteiger partial charge on any atom is -0.508 e. The third-order valence-electron chi connectivity index (χ3n) is 3.28. The lowest BCUT2D eigenvalue weighted by Gasteiger charge is -2.20. The van der Waals surface area contributed by atoms with Crippen LogP contribution in [-0.4, -0.2) is 10.2 Å². The lowest BCUT2D eigenvalue weighted by molar-refractivity contribution is 0.407. The highest BCUT2D eigenvalue weighted by molar-refractivity contribution is 5.85. The van der Waals surface area contributed by atoms with Gasteiger partial charge in [0, 0.05) is 17.7 Å². The summed E-state index contributed by atoms with van der Waals surface area (Å²) in [4.78, 5) is 0. The lowest BCUT2D eigenvalue weighted by Crippen LogP contribution is -2.19. The quantitative estimate of drug-likeness (QED) is 0.748. The summed E-state index contributed by atoms with van der Waals surface area (Å²) in [6, 6.07) is 4.54. The van der Waals surface area contributed by atoms with Crippen LogP contribution in [0.4, 0.5) is 0 Å². The summed E-state index contributed by atoms with van der Waals surface area (Å²) in [5.41, 5.74) is 6.86. The minimum absolute atomic E-state index is 0. The largest absolute Gasteiger partial charge is 0.508 e. The first-order valence-corrected chi connectivity index (χ1v) is 5.46. The van der Waals surface area contributed by atoms with E-state index in [1.165, 1.54) is 18.9 Å². The van der Waals surface area contributed by atoms with Crippen molar-refractivity contribution < 1.29 is 10.2 Å². The number of rotatable bonds is 2. The molecule has 1 aliphatic rings. The second-order valence-electron chi connectivity index (χ2n) is 4.31. The maximum atomic E-state index is 9.68. The van der Waals surface area contributed by atoms with Crippen molar-refractivity contribution in [3.05, 3.63) is 23.8 Å². The van der Waals surface area contributed by atoms with Crippen molar-refractivity contribution in [1.29, 1.82) is 0 Å². The van der Waals surface area contributed by atoms with Crippen molar-refractivity contribution in [2.45, 2.75) is 31.7 Å². The first-order valence-electron chi connectivity index (χ1n) is 5.46. The number of phenols is 2. The van der Waals surface area contributed by atoms with Crippen molar-refractivity contribution in [3.8, 4) is 11.5 Å². The van der Waals surface area contributed by atoms with Crippen LogP contribution >= 0.6 is 12.4 Å². The lowest BCUT2D eigenvalue weighted by atomic mass is 9.92. The standard InChI is InChI=1S/C12H17NO2.ClH/c13-12(8-3-1-2-4-8)10-6-5-9(14)7-11(10)15;/h5-8,12,14-15H,1-4,13H2;1H/t12-;/m1./s1. The molecule has 16 heavy (non-hydrogen) atoms. The molecule has 1 aromatic carbocycles. The predicted molar refractivity (Wildman–Crippen MR) is 65.9 cm³/mol. The Morgan fingerprint density at radius 2 is 1.81 bits per heavy atom. The van der Waals surface area contributed by atoms with Gasteiger partial charge in [-0.25, -0.2) is 0 Å². The van der Waals surface area contributed by atoms with E-state index in [2.05, 4.69) is 0 Å². The fourth-order valence-electron chi connectivity index (χ4n) is 2.38. The summed E-state index contributed by atoms with van der Waals surface area (Å²) in [5.74, 6) is 0.657. The van der Waals surface area contributed by atoms with E-state index in [4.69, 9.17) is 5.73 Å². The highest BCUT2D eigenvalue weighted by atomic mass is 35.5. The van der Waals surface area contributed by atoms with Gasteiger partial charge in [0.2, 0.25) is 0 Å². The number of benzene rings is 1. The van der Waals surface area contributed by atoms with Gasteiger partial charge in [0.05, 0.1) is 0 Å². The Morgan fingerprint density at radius 1 is 1.19 bits per heavy atom. The Balaban J connectivity index is 0.00000128. The van der Waals surface area contributed by atoms with Crippen LogP contribution in [0, 0.1) is 5.92 Å². The fraction of sp³-hybridized carbons (Fsp3) is 0.500. The second-order valence-corrected chi connectivity index (χ2v) is 4.31. The molecule has 1 saturated carbocycles. The van der Waals surface area contributed by atoms with Crippen LogP contribution in [-0.2, 0) is 0 Å². The van der Waals surface area contributed by atoms with Crippen LogP contribution in [0.25, 0.3) is 0 Å². The van der Waals surface area contributed by atoms with Crippen LogP contribution in [0.3, 0.4) is 0 Å². The zero-order valence-electron chi connectivity index (χ0n) is 9.10. The van der Waals surface area contributed by atoms with Gasteiger partial charge in [0.25, 0.3) is 0 Å². The number of aromatic hydroxyl groups is 2. The molecule has 1 aliphatic carbocycles. The van der Waals surface area contributed by atoms with E-state index in [-0.39, 0.29) is 29.9 Å². The van der Waals surface area contributed by atoms with Gasteiger partial charge in [0.1, 0.15) is 11.5 Å². The molecule has 0 saturated heterocycles. The van der Waals surface area contributed by atoms with E-state index >= 15 is 0 Å². The van der Waals surface area contributed by atoms with E-state index in [1.807, 2.05) is 0 Å². The molecule has 0 spiro atoms. The molecule has 90 valence electrons. The number of halogens is 1. The molecule has 0 amide bonds. The maximum Gasteiger partial charge on any atom is 0.124 e. The van der Waals surface area contributed by atoms with E-state index in [9.17, 15) is 10.2 Å². The van der Waals surface area contributed by atoms with Gasteiger partial charge in [-0.05, 0) is 24.8 Å². The molecule has 0 aromatic heterocycles. The van der Waals surface area contributed by atoms with Gasteiger partial charge in [-0.3, -0.25) is 0 Å². The summed E-state index contributed by atoms with van der Waals surface area (Å²) in [7, 11) is 0. The first kappa shape index (κ1) is 13.1. The molecular weight excluding hydrogens is 226 g/mol. The Labute approximate surface area is 102 Å². The maximum absolute atomic E-state index is 9.68. The summed E-state index contributed by atoms with van der Waals surface area (Å²) in [6.07, 6.45) is 4.75. The first-order chi connectivity index (χ1) is 7.18. The number of phenolic OH excluding ortho intramolecular Hbond substituents is 2. The van der Waals surface area contributed by atoms with Crippen LogP contribution in [0.15, 0.2) is 18.2 Å². The van der Waals surface area contributed by atoms with Gasteiger partial charge in [0.15, 0.2) is 0 Å². The average Bonchev–Trinajstić information content (AvgIpc) is 2.69. The molecule has 0 heterocycles. The summed E-state index contributed by atoms with van der Waals surface area (Å²) >= 11 is 0. The Bertz CT molecular complexity index is 351. The molecule has 0 aliphatic heterocycles. The molecule has 0 bridgehead atoms. The van der Waals surface area contributed by atoms with E-state index in [0.29, 0.717) is 5.92 Å². The number of hydrogen-bond acceptors (Lipinski definition) is 3. The Morgan fingerprint density at radius 3 is 2.38 bits per heavy atom. The summed E-state index contributed by atoms with van der Waals surface area (Å²) in [5, 5.41) is 18.9. The Hall–Kier alpha value is -0.930. The van der Waals surface area contributed by atoms with Crippen LogP contribution in [0.2, 0.25) is 0 Å². The fourth-order valence-corrected chi connectivity index (χ4v) is 2.38. The monoisotopic (exact) mass is 243 g/mol.